The van der Waals surface area contributed by atoms with Gasteiger partial charge in [-0.15, -0.1) is 0 Å². The molecule has 10 nitrogen and oxygen atoms in total. The summed E-state index contributed by atoms with van der Waals surface area (Å²) in [6, 6.07) is 4.47. The first-order valence-corrected chi connectivity index (χ1v) is 13.3. The van der Waals surface area contributed by atoms with Crippen molar-refractivity contribution in [3.63, 3.8) is 0 Å². The number of likely N-dealkylation sites (tertiary alicyclic amines) is 1. The van der Waals surface area contributed by atoms with E-state index in [2.05, 4.69) is 20.7 Å². The van der Waals surface area contributed by atoms with Crippen LogP contribution >= 0.6 is 0 Å². The van der Waals surface area contributed by atoms with E-state index in [1.54, 1.807) is 4.90 Å². The second-order valence-corrected chi connectivity index (χ2v) is 10.6. The fraction of sp³-hybridized carbons (Fsp3) is 0.591. The number of benzene rings is 1. The Hall–Kier alpha value is -2.82. The molecule has 1 aliphatic carbocycles. The molecule has 1 aromatic rings. The van der Waals surface area contributed by atoms with E-state index in [0.29, 0.717) is 31.6 Å². The summed E-state index contributed by atoms with van der Waals surface area (Å²) in [4.78, 5) is 38.7. The average Bonchev–Trinajstić information content (AvgIpc) is 2.74. The van der Waals surface area contributed by atoms with Gasteiger partial charge in [0.1, 0.15) is 0 Å². The van der Waals surface area contributed by atoms with E-state index in [-0.39, 0.29) is 35.3 Å². The van der Waals surface area contributed by atoms with Gasteiger partial charge in [-0.1, -0.05) is 19.3 Å². The Kier molecular flexibility index (Phi) is 8.17. The SMILES string of the molecule is CC(=O)Nc1ccc(NS(C)(=O)=O)c(C(=O)NC2CCN(C(=O)NC3CCCCC3)CC2)c1. The van der Waals surface area contributed by atoms with E-state index in [1.165, 1.54) is 31.5 Å². The highest BCUT2D eigenvalue weighted by molar-refractivity contribution is 7.92. The fourth-order valence-corrected chi connectivity index (χ4v) is 4.88. The van der Waals surface area contributed by atoms with E-state index in [1.807, 2.05) is 0 Å². The molecule has 2 aliphatic rings. The number of nitrogens with one attached hydrogen (secondary N) is 4. The minimum Gasteiger partial charge on any atom is -0.349 e. The third-order valence-electron chi connectivity index (χ3n) is 5.93. The van der Waals surface area contributed by atoms with Crippen molar-refractivity contribution in [2.24, 2.45) is 0 Å². The number of anilines is 2. The van der Waals surface area contributed by atoms with Gasteiger partial charge in [0.25, 0.3) is 5.91 Å². The van der Waals surface area contributed by atoms with Crippen LogP contribution in [-0.4, -0.2) is 62.6 Å². The van der Waals surface area contributed by atoms with E-state index >= 15 is 0 Å². The van der Waals surface area contributed by atoms with Crippen LogP contribution in [0.1, 0.15) is 62.2 Å². The van der Waals surface area contributed by atoms with E-state index in [4.69, 9.17) is 0 Å². The van der Waals surface area contributed by atoms with Gasteiger partial charge in [-0.3, -0.25) is 14.3 Å². The molecular formula is C22H33N5O5S. The Balaban J connectivity index is 1.60. The first-order valence-electron chi connectivity index (χ1n) is 11.4. The highest BCUT2D eigenvalue weighted by Gasteiger charge is 2.27. The number of urea groups is 1. The molecule has 4 N–H and O–H groups in total. The van der Waals surface area contributed by atoms with Gasteiger partial charge in [0, 0.05) is 37.8 Å². The molecule has 3 rings (SSSR count). The van der Waals surface area contributed by atoms with Crippen LogP contribution in [0.25, 0.3) is 0 Å². The number of sulfonamides is 1. The summed E-state index contributed by atoms with van der Waals surface area (Å²) in [6.45, 7) is 2.41. The van der Waals surface area contributed by atoms with Gasteiger partial charge in [-0.05, 0) is 43.9 Å². The summed E-state index contributed by atoms with van der Waals surface area (Å²) in [7, 11) is -3.60. The molecule has 0 radical (unpaired) electrons. The number of hydrogen-bond donors (Lipinski definition) is 4. The molecule has 1 aromatic carbocycles. The molecule has 1 aliphatic heterocycles. The predicted molar refractivity (Wildman–Crippen MR) is 127 cm³/mol. The summed E-state index contributed by atoms with van der Waals surface area (Å²) in [6.07, 6.45) is 7.79. The van der Waals surface area contributed by atoms with Crippen molar-refractivity contribution in [1.82, 2.24) is 15.5 Å². The second kappa shape index (κ2) is 10.9. The number of nitrogens with zero attached hydrogens (tertiary/aromatic N) is 1. The lowest BCUT2D eigenvalue weighted by Crippen LogP contribution is -2.51. The Bertz CT molecular complexity index is 983. The van der Waals surface area contributed by atoms with Gasteiger partial charge in [0.15, 0.2) is 0 Å². The number of rotatable bonds is 6. The molecule has 1 saturated heterocycles. The van der Waals surface area contributed by atoms with Crippen molar-refractivity contribution >= 4 is 39.2 Å². The van der Waals surface area contributed by atoms with Gasteiger partial charge in [-0.2, -0.15) is 0 Å². The Morgan fingerprint density at radius 1 is 0.939 bits per heavy atom. The van der Waals surface area contributed by atoms with Gasteiger partial charge in [-0.25, -0.2) is 13.2 Å². The monoisotopic (exact) mass is 479 g/mol. The highest BCUT2D eigenvalue weighted by atomic mass is 32.2. The number of carbonyl (C=O) groups is 3. The van der Waals surface area contributed by atoms with Crippen LogP contribution < -0.4 is 20.7 Å². The lowest BCUT2D eigenvalue weighted by Gasteiger charge is -2.34. The van der Waals surface area contributed by atoms with Gasteiger partial charge in [0.2, 0.25) is 15.9 Å². The van der Waals surface area contributed by atoms with Gasteiger partial charge in [0.05, 0.1) is 17.5 Å². The summed E-state index contributed by atoms with van der Waals surface area (Å²) in [5.41, 5.74) is 0.637. The summed E-state index contributed by atoms with van der Waals surface area (Å²) in [5, 5.41) is 8.66. The van der Waals surface area contributed by atoms with Crippen molar-refractivity contribution < 1.29 is 22.8 Å². The number of amides is 4. The lowest BCUT2D eigenvalue weighted by molar-refractivity contribution is -0.114. The standard InChI is InChI=1S/C22H33N5O5S/c1-15(28)23-18-8-9-20(26-33(2,31)32)19(14-18)21(29)24-17-10-12-27(13-11-17)22(30)25-16-6-4-3-5-7-16/h8-9,14,16-17,26H,3-7,10-13H2,1-2H3,(H,23,28)(H,24,29)(H,25,30). The second-order valence-electron chi connectivity index (χ2n) is 8.83. The van der Waals surface area contributed by atoms with Crippen molar-refractivity contribution in [1.29, 1.82) is 0 Å². The molecular weight excluding hydrogens is 446 g/mol. The van der Waals surface area contributed by atoms with Crippen LogP contribution in [-0.2, 0) is 14.8 Å². The molecule has 0 atom stereocenters. The highest BCUT2D eigenvalue weighted by Crippen LogP contribution is 2.23. The topological polar surface area (TPSA) is 137 Å². The van der Waals surface area contributed by atoms with Crippen LogP contribution in [0.5, 0.6) is 0 Å². The molecule has 0 aromatic heterocycles. The molecule has 0 unspecified atom stereocenters. The predicted octanol–water partition coefficient (Wildman–Crippen LogP) is 2.25. The van der Waals surface area contributed by atoms with Gasteiger partial charge >= 0.3 is 6.03 Å². The molecule has 0 bridgehead atoms. The van der Waals surface area contributed by atoms with Crippen LogP contribution in [0.3, 0.4) is 0 Å². The molecule has 0 spiro atoms. The molecule has 33 heavy (non-hydrogen) atoms. The molecule has 182 valence electrons. The number of piperidine rings is 1. The van der Waals surface area contributed by atoms with Crippen LogP contribution in [0.15, 0.2) is 18.2 Å². The maximum Gasteiger partial charge on any atom is 0.317 e. The zero-order valence-corrected chi connectivity index (χ0v) is 20.0. The average molecular weight is 480 g/mol. The van der Waals surface area contributed by atoms with Crippen LogP contribution in [0.4, 0.5) is 16.2 Å². The van der Waals surface area contributed by atoms with Crippen LogP contribution in [0.2, 0.25) is 0 Å². The normalized spacial score (nSPS) is 17.8. The zero-order valence-electron chi connectivity index (χ0n) is 19.1. The van der Waals surface area contributed by atoms with Crippen molar-refractivity contribution in [2.75, 3.05) is 29.4 Å². The zero-order chi connectivity index (χ0) is 24.0. The Labute approximate surface area is 194 Å². The molecule has 2 fully saturated rings. The third-order valence-corrected chi connectivity index (χ3v) is 6.52. The maximum atomic E-state index is 13.0. The minimum atomic E-state index is -3.60. The fourth-order valence-electron chi connectivity index (χ4n) is 4.30. The first-order chi connectivity index (χ1) is 15.6. The molecule has 11 heteroatoms. The van der Waals surface area contributed by atoms with E-state index in [9.17, 15) is 22.8 Å². The Morgan fingerprint density at radius 3 is 2.18 bits per heavy atom. The lowest BCUT2D eigenvalue weighted by atomic mass is 9.95. The van der Waals surface area contributed by atoms with Crippen molar-refractivity contribution in [3.8, 4) is 0 Å². The van der Waals surface area contributed by atoms with E-state index < -0.39 is 15.9 Å². The molecule has 1 heterocycles. The van der Waals surface area contributed by atoms with Crippen molar-refractivity contribution in [3.05, 3.63) is 23.8 Å². The molecule has 4 amide bonds. The third kappa shape index (κ3) is 7.62. The van der Waals surface area contributed by atoms with Crippen molar-refractivity contribution in [2.45, 2.75) is 64.0 Å². The Morgan fingerprint density at radius 2 is 1.58 bits per heavy atom. The summed E-state index contributed by atoms with van der Waals surface area (Å²) in [5.74, 6) is -0.748. The molecule has 1 saturated carbocycles. The quantitative estimate of drug-likeness (QED) is 0.496. The minimum absolute atomic E-state index is 0.0469. The summed E-state index contributed by atoms with van der Waals surface area (Å²) < 4.78 is 25.8. The van der Waals surface area contributed by atoms with E-state index in [0.717, 1.165) is 31.9 Å². The largest absolute Gasteiger partial charge is 0.349 e. The van der Waals surface area contributed by atoms with Crippen LogP contribution in [0, 0.1) is 0 Å². The first kappa shape index (κ1) is 24.8. The smallest absolute Gasteiger partial charge is 0.317 e. The number of carbonyl (C=O) groups excluding carboxylic acids is 3. The maximum absolute atomic E-state index is 13.0. The van der Waals surface area contributed by atoms with Gasteiger partial charge < -0.3 is 20.9 Å². The number of hydrogen-bond acceptors (Lipinski definition) is 5. The summed E-state index contributed by atoms with van der Waals surface area (Å²) >= 11 is 0.